The van der Waals surface area contributed by atoms with Crippen molar-refractivity contribution in [2.45, 2.75) is 26.3 Å². The highest BCUT2D eigenvalue weighted by molar-refractivity contribution is 6.31. The maximum atomic E-state index is 12.0. The summed E-state index contributed by atoms with van der Waals surface area (Å²) in [7, 11) is 1.48. The first-order valence-corrected chi connectivity index (χ1v) is 6.84. The molecular weight excluding hydrogens is 296 g/mol. The van der Waals surface area contributed by atoms with Crippen molar-refractivity contribution >= 4 is 29.3 Å². The van der Waals surface area contributed by atoms with Gasteiger partial charge in [-0.25, -0.2) is 4.79 Å². The highest BCUT2D eigenvalue weighted by Gasteiger charge is 2.20. The predicted molar refractivity (Wildman–Crippen MR) is 81.0 cm³/mol. The Hall–Kier alpha value is -1.95. The molecule has 1 aromatic carbocycles. The molecule has 1 unspecified atom stereocenters. The largest absolute Gasteiger partial charge is 0.495 e. The summed E-state index contributed by atoms with van der Waals surface area (Å²) in [4.78, 5) is 22.8. The summed E-state index contributed by atoms with van der Waals surface area (Å²) in [5.74, 6) is -0.503. The number of carbonyl (C=O) groups excluding carboxylic acids is 1. The molecule has 0 spiro atoms. The number of nitrogens with one attached hydrogen (secondary N) is 2. The van der Waals surface area contributed by atoms with Crippen LogP contribution in [0, 0.1) is 5.92 Å². The molecule has 21 heavy (non-hydrogen) atoms. The number of carbonyl (C=O) groups is 2. The fourth-order valence-electron chi connectivity index (χ4n) is 1.75. The molecule has 1 atom stereocenters. The van der Waals surface area contributed by atoms with Crippen molar-refractivity contribution < 1.29 is 19.4 Å². The number of benzene rings is 1. The third-order valence-corrected chi connectivity index (χ3v) is 3.16. The molecule has 0 aliphatic rings. The Balaban J connectivity index is 2.76. The minimum Gasteiger partial charge on any atom is -0.495 e. The van der Waals surface area contributed by atoms with Crippen LogP contribution in [0.25, 0.3) is 0 Å². The Morgan fingerprint density at radius 2 is 2.05 bits per heavy atom. The maximum Gasteiger partial charge on any atom is 0.319 e. The number of rotatable bonds is 6. The van der Waals surface area contributed by atoms with E-state index in [-0.39, 0.29) is 12.3 Å². The molecule has 6 nitrogen and oxygen atoms in total. The van der Waals surface area contributed by atoms with Crippen LogP contribution < -0.4 is 15.4 Å². The summed E-state index contributed by atoms with van der Waals surface area (Å²) in [5, 5.41) is 14.5. The number of aliphatic carboxylic acids is 1. The van der Waals surface area contributed by atoms with Crippen molar-refractivity contribution in [3.63, 3.8) is 0 Å². The zero-order chi connectivity index (χ0) is 16.0. The molecule has 0 radical (unpaired) electrons. The summed E-state index contributed by atoms with van der Waals surface area (Å²) in [6.07, 6.45) is -0.141. The van der Waals surface area contributed by atoms with Gasteiger partial charge in [0.05, 0.1) is 19.2 Å². The molecule has 3 N–H and O–H groups in total. The van der Waals surface area contributed by atoms with Gasteiger partial charge < -0.3 is 20.5 Å². The standard InChI is InChI=1S/C14H19ClN2O4/c1-8(2)10(7-13(18)19)16-14(20)17-11-6-9(15)4-5-12(11)21-3/h4-6,8,10H,7H2,1-3H3,(H,18,19)(H2,16,17,20). The summed E-state index contributed by atoms with van der Waals surface area (Å²) in [5.41, 5.74) is 0.417. The minimum atomic E-state index is -0.964. The van der Waals surface area contributed by atoms with Gasteiger partial charge in [0.25, 0.3) is 0 Å². The Labute approximate surface area is 128 Å². The topological polar surface area (TPSA) is 87.7 Å². The van der Waals surface area contributed by atoms with Gasteiger partial charge >= 0.3 is 12.0 Å². The Kier molecular flexibility index (Phi) is 6.30. The molecule has 0 bridgehead atoms. The third-order valence-electron chi connectivity index (χ3n) is 2.93. The fraction of sp³-hybridized carbons (Fsp3) is 0.429. The van der Waals surface area contributed by atoms with E-state index in [2.05, 4.69) is 10.6 Å². The molecule has 1 aromatic rings. The second-order valence-electron chi connectivity index (χ2n) is 4.89. The molecule has 116 valence electrons. The lowest BCUT2D eigenvalue weighted by atomic mass is 10.0. The number of urea groups is 1. The maximum absolute atomic E-state index is 12.0. The van der Waals surface area contributed by atoms with Crippen LogP contribution in [-0.2, 0) is 4.79 Å². The molecule has 0 aromatic heterocycles. The van der Waals surface area contributed by atoms with E-state index in [1.54, 1.807) is 18.2 Å². The summed E-state index contributed by atoms with van der Waals surface area (Å²) in [6, 6.07) is 3.87. The van der Waals surface area contributed by atoms with Gasteiger partial charge in [-0.05, 0) is 24.1 Å². The quantitative estimate of drug-likeness (QED) is 0.753. The molecular formula is C14H19ClN2O4. The number of anilines is 1. The van der Waals surface area contributed by atoms with Gasteiger partial charge in [-0.2, -0.15) is 0 Å². The monoisotopic (exact) mass is 314 g/mol. The number of carboxylic acids is 1. The van der Waals surface area contributed by atoms with Crippen LogP contribution in [0.15, 0.2) is 18.2 Å². The van der Waals surface area contributed by atoms with Crippen LogP contribution in [0.3, 0.4) is 0 Å². The van der Waals surface area contributed by atoms with Crippen LogP contribution in [-0.4, -0.2) is 30.3 Å². The normalized spacial score (nSPS) is 11.9. The van der Waals surface area contributed by atoms with Gasteiger partial charge in [0.2, 0.25) is 0 Å². The van der Waals surface area contributed by atoms with E-state index in [1.807, 2.05) is 13.8 Å². The van der Waals surface area contributed by atoms with E-state index in [1.165, 1.54) is 7.11 Å². The van der Waals surface area contributed by atoms with Gasteiger partial charge in [-0.15, -0.1) is 0 Å². The molecule has 2 amide bonds. The first kappa shape index (κ1) is 17.1. The van der Waals surface area contributed by atoms with E-state index in [0.29, 0.717) is 16.5 Å². The molecule has 7 heteroatoms. The van der Waals surface area contributed by atoms with Crippen molar-refractivity contribution in [1.29, 1.82) is 0 Å². The van der Waals surface area contributed by atoms with E-state index in [4.69, 9.17) is 21.4 Å². The van der Waals surface area contributed by atoms with E-state index in [9.17, 15) is 9.59 Å². The Bertz CT molecular complexity index is 520. The van der Waals surface area contributed by atoms with Gasteiger partial charge in [-0.1, -0.05) is 25.4 Å². The number of methoxy groups -OCH3 is 1. The SMILES string of the molecule is COc1ccc(Cl)cc1NC(=O)NC(CC(=O)O)C(C)C. The van der Waals surface area contributed by atoms with Crippen molar-refractivity contribution in [2.24, 2.45) is 5.92 Å². The lowest BCUT2D eigenvalue weighted by molar-refractivity contribution is -0.137. The van der Waals surface area contributed by atoms with Gasteiger partial charge in [0.15, 0.2) is 0 Å². The van der Waals surface area contributed by atoms with Crippen molar-refractivity contribution in [3.8, 4) is 5.75 Å². The number of carboxylic acid groups (broad SMARTS) is 1. The average Bonchev–Trinajstić information content (AvgIpc) is 2.37. The molecule has 0 saturated heterocycles. The molecule has 0 saturated carbocycles. The molecule has 0 heterocycles. The lowest BCUT2D eigenvalue weighted by Crippen LogP contribution is -2.42. The van der Waals surface area contributed by atoms with Crippen LogP contribution in [0.5, 0.6) is 5.75 Å². The van der Waals surface area contributed by atoms with Gasteiger partial charge in [-0.3, -0.25) is 4.79 Å². The average molecular weight is 315 g/mol. The van der Waals surface area contributed by atoms with E-state index in [0.717, 1.165) is 0 Å². The second kappa shape index (κ2) is 7.73. The van der Waals surface area contributed by atoms with Crippen LogP contribution in [0.4, 0.5) is 10.5 Å². The van der Waals surface area contributed by atoms with E-state index >= 15 is 0 Å². The van der Waals surface area contributed by atoms with Gasteiger partial charge in [0.1, 0.15) is 5.75 Å². The fourth-order valence-corrected chi connectivity index (χ4v) is 1.92. The lowest BCUT2D eigenvalue weighted by Gasteiger charge is -2.21. The number of hydrogen-bond donors (Lipinski definition) is 3. The highest BCUT2D eigenvalue weighted by atomic mass is 35.5. The zero-order valence-electron chi connectivity index (χ0n) is 12.1. The number of hydrogen-bond acceptors (Lipinski definition) is 3. The van der Waals surface area contributed by atoms with Gasteiger partial charge in [0, 0.05) is 11.1 Å². The van der Waals surface area contributed by atoms with Crippen molar-refractivity contribution in [2.75, 3.05) is 12.4 Å². The van der Waals surface area contributed by atoms with E-state index < -0.39 is 18.0 Å². The summed E-state index contributed by atoms with van der Waals surface area (Å²) in [6.45, 7) is 3.68. The second-order valence-corrected chi connectivity index (χ2v) is 5.33. The highest BCUT2D eigenvalue weighted by Crippen LogP contribution is 2.27. The molecule has 1 rings (SSSR count). The minimum absolute atomic E-state index is 0.00638. The first-order valence-electron chi connectivity index (χ1n) is 6.46. The van der Waals surface area contributed by atoms with Crippen LogP contribution >= 0.6 is 11.6 Å². The van der Waals surface area contributed by atoms with Crippen LogP contribution in [0.2, 0.25) is 5.02 Å². The smallest absolute Gasteiger partial charge is 0.319 e. The summed E-state index contributed by atoms with van der Waals surface area (Å²) < 4.78 is 5.12. The summed E-state index contributed by atoms with van der Waals surface area (Å²) >= 11 is 5.88. The number of halogens is 1. The van der Waals surface area contributed by atoms with Crippen molar-refractivity contribution in [1.82, 2.24) is 5.32 Å². The third kappa shape index (κ3) is 5.51. The number of amides is 2. The molecule has 0 fully saturated rings. The molecule has 0 aliphatic heterocycles. The molecule has 0 aliphatic carbocycles. The van der Waals surface area contributed by atoms with Crippen molar-refractivity contribution in [3.05, 3.63) is 23.2 Å². The Morgan fingerprint density at radius 3 is 2.57 bits per heavy atom. The number of ether oxygens (including phenoxy) is 1. The first-order chi connectivity index (χ1) is 9.83. The predicted octanol–water partition coefficient (Wildman–Crippen LogP) is 2.97. The zero-order valence-corrected chi connectivity index (χ0v) is 12.9. The van der Waals surface area contributed by atoms with Crippen LogP contribution in [0.1, 0.15) is 20.3 Å². The Morgan fingerprint density at radius 1 is 1.38 bits per heavy atom.